The van der Waals surface area contributed by atoms with Crippen LogP contribution in [0.15, 0.2) is 24.3 Å². The standard InChI is InChI=1S/C11H13NOS/c1-8-3-5-10(6-4-8)12-11(14)7-9(2)13/h3-6H,7H2,1-2H3,(H,12,14). The lowest BCUT2D eigenvalue weighted by molar-refractivity contribution is -0.115. The van der Waals surface area contributed by atoms with Gasteiger partial charge >= 0.3 is 0 Å². The Kier molecular flexibility index (Phi) is 3.77. The number of rotatable bonds is 3. The predicted molar refractivity (Wildman–Crippen MR) is 62.7 cm³/mol. The van der Waals surface area contributed by atoms with Crippen molar-refractivity contribution in [1.82, 2.24) is 0 Å². The fraction of sp³-hybridized carbons (Fsp3) is 0.273. The van der Waals surface area contributed by atoms with E-state index < -0.39 is 0 Å². The van der Waals surface area contributed by atoms with Crippen LogP contribution in [0, 0.1) is 6.92 Å². The van der Waals surface area contributed by atoms with Gasteiger partial charge in [0.1, 0.15) is 5.78 Å². The van der Waals surface area contributed by atoms with Crippen molar-refractivity contribution in [2.24, 2.45) is 0 Å². The molecule has 0 spiro atoms. The van der Waals surface area contributed by atoms with Crippen LogP contribution in [0.25, 0.3) is 0 Å². The summed E-state index contributed by atoms with van der Waals surface area (Å²) >= 11 is 5.01. The number of aryl methyl sites for hydroxylation is 1. The van der Waals surface area contributed by atoms with Crippen LogP contribution in [0.1, 0.15) is 18.9 Å². The first-order valence-electron chi connectivity index (χ1n) is 4.44. The lowest BCUT2D eigenvalue weighted by Crippen LogP contribution is -2.12. The predicted octanol–water partition coefficient (Wildman–Crippen LogP) is 2.71. The van der Waals surface area contributed by atoms with Crippen molar-refractivity contribution in [3.05, 3.63) is 29.8 Å². The summed E-state index contributed by atoms with van der Waals surface area (Å²) in [5.41, 5.74) is 2.13. The number of Topliss-reactive ketones (excluding diaryl/α,β-unsaturated/α-hetero) is 1. The van der Waals surface area contributed by atoms with Crippen LogP contribution in [0.2, 0.25) is 0 Å². The van der Waals surface area contributed by atoms with E-state index in [-0.39, 0.29) is 5.78 Å². The molecule has 0 amide bonds. The third-order valence-corrected chi connectivity index (χ3v) is 1.99. The van der Waals surface area contributed by atoms with Gasteiger partial charge in [0.05, 0.1) is 11.4 Å². The highest BCUT2D eigenvalue weighted by Gasteiger charge is 2.00. The number of hydrogen-bond donors (Lipinski definition) is 1. The number of nitrogens with one attached hydrogen (secondary N) is 1. The Morgan fingerprint density at radius 1 is 1.36 bits per heavy atom. The molecule has 0 aliphatic rings. The van der Waals surface area contributed by atoms with Gasteiger partial charge in [-0.2, -0.15) is 0 Å². The zero-order valence-corrected chi connectivity index (χ0v) is 9.15. The average Bonchev–Trinajstić information content (AvgIpc) is 2.07. The SMILES string of the molecule is CC(=O)CC(=S)Nc1ccc(C)cc1. The minimum Gasteiger partial charge on any atom is -0.350 e. The number of hydrogen-bond acceptors (Lipinski definition) is 2. The fourth-order valence-electron chi connectivity index (χ4n) is 1.07. The minimum atomic E-state index is 0.0783. The third kappa shape index (κ3) is 3.66. The van der Waals surface area contributed by atoms with Crippen LogP contribution < -0.4 is 5.32 Å². The molecular formula is C11H13NOS. The van der Waals surface area contributed by atoms with Crippen molar-refractivity contribution in [3.63, 3.8) is 0 Å². The van der Waals surface area contributed by atoms with Gasteiger partial charge in [0.15, 0.2) is 0 Å². The Hall–Kier alpha value is -1.22. The summed E-state index contributed by atoms with van der Waals surface area (Å²) in [4.78, 5) is 11.3. The molecule has 1 rings (SSSR count). The molecule has 0 aromatic heterocycles. The van der Waals surface area contributed by atoms with Crippen LogP contribution in [-0.4, -0.2) is 10.8 Å². The van der Waals surface area contributed by atoms with Gasteiger partial charge in [-0.3, -0.25) is 4.79 Å². The summed E-state index contributed by atoms with van der Waals surface area (Å²) in [6.07, 6.45) is 0.309. The molecule has 0 fully saturated rings. The summed E-state index contributed by atoms with van der Waals surface area (Å²) in [5.74, 6) is 0.0783. The van der Waals surface area contributed by atoms with Crippen molar-refractivity contribution in [2.75, 3.05) is 5.32 Å². The zero-order chi connectivity index (χ0) is 10.6. The molecule has 0 aliphatic heterocycles. The largest absolute Gasteiger partial charge is 0.350 e. The van der Waals surface area contributed by atoms with Crippen LogP contribution in [0.3, 0.4) is 0 Å². The van der Waals surface area contributed by atoms with Gasteiger partial charge in [-0.15, -0.1) is 0 Å². The highest BCUT2D eigenvalue weighted by molar-refractivity contribution is 7.80. The molecule has 1 aromatic carbocycles. The maximum atomic E-state index is 10.8. The van der Waals surface area contributed by atoms with Crippen molar-refractivity contribution < 1.29 is 4.79 Å². The Morgan fingerprint density at radius 3 is 2.43 bits per heavy atom. The van der Waals surface area contributed by atoms with Crippen LogP contribution in [0.4, 0.5) is 5.69 Å². The summed E-state index contributed by atoms with van der Waals surface area (Å²) in [7, 11) is 0. The molecule has 1 N–H and O–H groups in total. The van der Waals surface area contributed by atoms with E-state index in [1.807, 2.05) is 31.2 Å². The molecule has 0 saturated carbocycles. The summed E-state index contributed by atoms with van der Waals surface area (Å²) in [5, 5.41) is 3.01. The van der Waals surface area contributed by atoms with Gasteiger partial charge < -0.3 is 5.32 Å². The number of ketones is 1. The molecule has 74 valence electrons. The van der Waals surface area contributed by atoms with E-state index >= 15 is 0 Å². The first-order valence-corrected chi connectivity index (χ1v) is 4.84. The molecule has 2 nitrogen and oxygen atoms in total. The Labute approximate surface area is 89.3 Å². The van der Waals surface area contributed by atoms with E-state index in [4.69, 9.17) is 12.2 Å². The topological polar surface area (TPSA) is 29.1 Å². The fourth-order valence-corrected chi connectivity index (χ4v) is 1.39. The summed E-state index contributed by atoms with van der Waals surface area (Å²) in [6.45, 7) is 3.56. The molecule has 0 heterocycles. The second kappa shape index (κ2) is 4.86. The summed E-state index contributed by atoms with van der Waals surface area (Å²) < 4.78 is 0. The van der Waals surface area contributed by atoms with Gasteiger partial charge in [-0.05, 0) is 26.0 Å². The number of thiocarbonyl (C=S) groups is 1. The van der Waals surface area contributed by atoms with Crippen molar-refractivity contribution >= 4 is 28.7 Å². The van der Waals surface area contributed by atoms with Gasteiger partial charge in [-0.25, -0.2) is 0 Å². The first kappa shape index (κ1) is 10.9. The lowest BCUT2D eigenvalue weighted by Gasteiger charge is -2.06. The number of benzene rings is 1. The van der Waals surface area contributed by atoms with Crippen molar-refractivity contribution in [2.45, 2.75) is 20.3 Å². The first-order chi connectivity index (χ1) is 6.58. The second-order valence-corrected chi connectivity index (χ2v) is 3.79. The maximum absolute atomic E-state index is 10.8. The number of carbonyl (C=O) groups excluding carboxylic acids is 1. The van der Waals surface area contributed by atoms with Gasteiger partial charge in [-0.1, -0.05) is 29.9 Å². The Morgan fingerprint density at radius 2 is 1.93 bits per heavy atom. The van der Waals surface area contributed by atoms with E-state index in [2.05, 4.69) is 5.32 Å². The lowest BCUT2D eigenvalue weighted by atomic mass is 10.2. The molecule has 0 unspecified atom stereocenters. The molecule has 0 saturated heterocycles. The smallest absolute Gasteiger partial charge is 0.136 e. The Bertz CT molecular complexity index is 343. The molecule has 3 heteroatoms. The van der Waals surface area contributed by atoms with Crippen molar-refractivity contribution in [1.29, 1.82) is 0 Å². The summed E-state index contributed by atoms with van der Waals surface area (Å²) in [6, 6.07) is 7.89. The van der Waals surface area contributed by atoms with Gasteiger partial charge in [0.2, 0.25) is 0 Å². The quantitative estimate of drug-likeness (QED) is 0.773. The number of anilines is 1. The second-order valence-electron chi connectivity index (χ2n) is 3.29. The van der Waals surface area contributed by atoms with Gasteiger partial charge in [0, 0.05) is 5.69 Å². The molecular weight excluding hydrogens is 194 g/mol. The van der Waals surface area contributed by atoms with Gasteiger partial charge in [0.25, 0.3) is 0 Å². The molecule has 0 atom stereocenters. The maximum Gasteiger partial charge on any atom is 0.136 e. The molecule has 1 aromatic rings. The van der Waals surface area contributed by atoms with E-state index in [9.17, 15) is 4.79 Å². The molecule has 0 bridgehead atoms. The van der Waals surface area contributed by atoms with Crippen LogP contribution in [-0.2, 0) is 4.79 Å². The monoisotopic (exact) mass is 207 g/mol. The minimum absolute atomic E-state index is 0.0783. The highest BCUT2D eigenvalue weighted by atomic mass is 32.1. The van der Waals surface area contributed by atoms with Crippen LogP contribution >= 0.6 is 12.2 Å². The third-order valence-electron chi connectivity index (χ3n) is 1.74. The van der Waals surface area contributed by atoms with E-state index in [1.54, 1.807) is 0 Å². The van der Waals surface area contributed by atoms with E-state index in [0.29, 0.717) is 11.4 Å². The average molecular weight is 207 g/mol. The van der Waals surface area contributed by atoms with E-state index in [0.717, 1.165) is 5.69 Å². The molecule has 14 heavy (non-hydrogen) atoms. The zero-order valence-electron chi connectivity index (χ0n) is 8.33. The molecule has 0 aliphatic carbocycles. The van der Waals surface area contributed by atoms with Crippen molar-refractivity contribution in [3.8, 4) is 0 Å². The highest BCUT2D eigenvalue weighted by Crippen LogP contribution is 2.09. The normalized spacial score (nSPS) is 9.57. The van der Waals surface area contributed by atoms with E-state index in [1.165, 1.54) is 12.5 Å². The van der Waals surface area contributed by atoms with Crippen LogP contribution in [0.5, 0.6) is 0 Å². The molecule has 0 radical (unpaired) electrons. The Balaban J connectivity index is 2.56. The number of carbonyl (C=O) groups is 1.